The van der Waals surface area contributed by atoms with Gasteiger partial charge in [-0.05, 0) is 60.9 Å². The number of imide groups is 2. The number of likely N-dealkylation sites (tertiary alicyclic amines) is 1. The highest BCUT2D eigenvalue weighted by Gasteiger charge is 2.54. The van der Waals surface area contributed by atoms with Crippen molar-refractivity contribution in [2.24, 2.45) is 11.8 Å². The molecule has 0 spiro atoms. The van der Waals surface area contributed by atoms with Crippen LogP contribution in [0.5, 0.6) is 17.2 Å². The monoisotopic (exact) mass is 962 g/mol. The predicted octanol–water partition coefficient (Wildman–Crippen LogP) is 5.00. The van der Waals surface area contributed by atoms with Gasteiger partial charge in [0.05, 0.1) is 58.8 Å². The first-order chi connectivity index (χ1) is 34.0. The molecule has 4 aliphatic heterocycles. The van der Waals surface area contributed by atoms with Gasteiger partial charge in [-0.3, -0.25) is 39.1 Å². The van der Waals surface area contributed by atoms with Gasteiger partial charge in [0.1, 0.15) is 53.7 Å². The second-order valence-corrected chi connectivity index (χ2v) is 18.0. The summed E-state index contributed by atoms with van der Waals surface area (Å²) >= 11 is 0. The van der Waals surface area contributed by atoms with Crippen LogP contribution in [0, 0.1) is 18.8 Å². The van der Waals surface area contributed by atoms with Gasteiger partial charge in [-0.2, -0.15) is 0 Å². The van der Waals surface area contributed by atoms with Crippen molar-refractivity contribution >= 4 is 29.5 Å². The van der Waals surface area contributed by atoms with Crippen LogP contribution in [0.2, 0.25) is 0 Å². The smallest absolute Gasteiger partial charge is 0.262 e. The first-order valence-electron chi connectivity index (χ1n) is 24.1. The lowest BCUT2D eigenvalue weighted by Gasteiger charge is -2.28. The van der Waals surface area contributed by atoms with Gasteiger partial charge in [0, 0.05) is 50.8 Å². The minimum absolute atomic E-state index is 0.0527. The summed E-state index contributed by atoms with van der Waals surface area (Å²) in [6.07, 6.45) is 10.3. The fraction of sp³-hybridized carbons (Fsp3) is 0.453. The molecule has 17 heteroatoms. The molecule has 70 heavy (non-hydrogen) atoms. The minimum atomic E-state index is -1.01. The SMILES string of the molecule is Cc1c(O)cc(O)c(C(=O)N2Cc3ccc(CN4CCC=C(CCOCCOCCOCCOCCOC5=CC=CC6C(=O)N(C7CCC(=O)NC7=O)C(=O)C56)CC4)cc3C2)c1OCc1ccccc1. The molecular weight excluding hydrogens is 901 g/mol. The van der Waals surface area contributed by atoms with Crippen molar-refractivity contribution in [1.29, 1.82) is 0 Å². The zero-order valence-electron chi connectivity index (χ0n) is 39.6. The van der Waals surface area contributed by atoms with Gasteiger partial charge in [-0.1, -0.05) is 72.3 Å². The molecule has 372 valence electrons. The number of hydrogen-bond acceptors (Lipinski definition) is 14. The number of benzene rings is 3. The van der Waals surface area contributed by atoms with E-state index in [2.05, 4.69) is 34.5 Å². The molecule has 3 N–H and O–H groups in total. The van der Waals surface area contributed by atoms with E-state index in [1.165, 1.54) is 17.2 Å². The van der Waals surface area contributed by atoms with Crippen LogP contribution in [-0.4, -0.2) is 133 Å². The lowest BCUT2D eigenvalue weighted by atomic mass is 9.89. The molecule has 5 aliphatic rings. The molecule has 3 aromatic rings. The van der Waals surface area contributed by atoms with E-state index < -0.39 is 41.5 Å². The van der Waals surface area contributed by atoms with Crippen molar-refractivity contribution in [3.05, 3.63) is 124 Å². The lowest BCUT2D eigenvalue weighted by molar-refractivity contribution is -0.151. The largest absolute Gasteiger partial charge is 0.507 e. The Bertz CT molecular complexity index is 2490. The summed E-state index contributed by atoms with van der Waals surface area (Å²) < 4.78 is 34.7. The van der Waals surface area contributed by atoms with Gasteiger partial charge in [0.25, 0.3) is 5.91 Å². The molecule has 8 rings (SSSR count). The van der Waals surface area contributed by atoms with E-state index in [-0.39, 0.29) is 61.4 Å². The molecule has 17 nitrogen and oxygen atoms in total. The molecule has 0 radical (unpaired) electrons. The molecule has 5 amide bonds. The van der Waals surface area contributed by atoms with Gasteiger partial charge in [-0.25, -0.2) is 0 Å². The Balaban J connectivity index is 0.652. The van der Waals surface area contributed by atoms with Crippen LogP contribution in [0.15, 0.2) is 90.2 Å². The fourth-order valence-electron chi connectivity index (χ4n) is 9.44. The number of phenols is 2. The number of phenolic OH excluding ortho intramolecular Hbond substituents is 2. The maximum absolute atomic E-state index is 14.0. The Morgan fingerprint density at radius 3 is 2.21 bits per heavy atom. The summed E-state index contributed by atoms with van der Waals surface area (Å²) in [6, 6.07) is 16.2. The third-order valence-electron chi connectivity index (χ3n) is 13.2. The fourth-order valence-corrected chi connectivity index (χ4v) is 9.44. The van der Waals surface area contributed by atoms with E-state index in [9.17, 15) is 34.2 Å². The predicted molar refractivity (Wildman–Crippen MR) is 254 cm³/mol. The average molecular weight is 963 g/mol. The number of carbonyl (C=O) groups is 5. The van der Waals surface area contributed by atoms with E-state index in [0.717, 1.165) is 60.5 Å². The Morgan fingerprint density at radius 1 is 0.757 bits per heavy atom. The highest BCUT2D eigenvalue weighted by atomic mass is 16.6. The van der Waals surface area contributed by atoms with E-state index in [1.807, 2.05) is 30.3 Å². The number of rotatable bonds is 23. The number of nitrogens with one attached hydrogen (secondary N) is 1. The molecular formula is C53H62N4O13. The summed E-state index contributed by atoms with van der Waals surface area (Å²) in [5, 5.41) is 23.6. The highest BCUT2D eigenvalue weighted by Crippen LogP contribution is 2.41. The Morgan fingerprint density at radius 2 is 1.47 bits per heavy atom. The number of ether oxygens (including phenoxy) is 6. The Hall–Kier alpha value is -6.37. The van der Waals surface area contributed by atoms with Crippen molar-refractivity contribution in [3.8, 4) is 17.2 Å². The van der Waals surface area contributed by atoms with Crippen LogP contribution >= 0.6 is 0 Å². The molecule has 0 aromatic heterocycles. The van der Waals surface area contributed by atoms with Crippen LogP contribution in [-0.2, 0) is 69.1 Å². The molecule has 0 bridgehead atoms. The Kier molecular flexibility index (Phi) is 17.1. The first kappa shape index (κ1) is 50.0. The lowest BCUT2D eigenvalue weighted by Crippen LogP contribution is -2.54. The number of nitrogens with zero attached hydrogens (tertiary/aromatic N) is 3. The van der Waals surface area contributed by atoms with Crippen molar-refractivity contribution in [2.45, 2.75) is 71.3 Å². The minimum Gasteiger partial charge on any atom is -0.507 e. The van der Waals surface area contributed by atoms with Gasteiger partial charge in [-0.15, -0.1) is 0 Å². The van der Waals surface area contributed by atoms with Gasteiger partial charge in [0.2, 0.25) is 23.6 Å². The van der Waals surface area contributed by atoms with Crippen molar-refractivity contribution in [1.82, 2.24) is 20.0 Å². The second kappa shape index (κ2) is 24.0. The topological polar surface area (TPSA) is 203 Å². The quantitative estimate of drug-likeness (QED) is 0.0651. The third kappa shape index (κ3) is 12.3. The van der Waals surface area contributed by atoms with Crippen LogP contribution in [0.3, 0.4) is 0 Å². The third-order valence-corrected chi connectivity index (χ3v) is 13.2. The summed E-state index contributed by atoms with van der Waals surface area (Å²) in [5.74, 6) is -3.90. The Labute approximate surface area is 407 Å². The van der Waals surface area contributed by atoms with Gasteiger partial charge < -0.3 is 43.5 Å². The van der Waals surface area contributed by atoms with Crippen LogP contribution in [0.4, 0.5) is 0 Å². The number of fused-ring (bicyclic) bond motifs is 2. The standard InChI is InChI=1S/C53H62N4O13/c1-35-43(58)30-44(59)48(49(35)70-34-37-7-3-2-4-8-37)52(63)56-32-39-13-12-38(29-40(39)33-56)31-55-18-6-9-36(16-19-55)17-20-65-21-22-66-23-24-67-25-26-68-27-28-69-45-11-5-10-41-47(45)53(64)57(51(41)62)42-14-15-46(60)54-50(42)61/h2-5,7-13,29-30,41-42,47,58-59H,6,14-28,31-34H2,1H3,(H,54,60,61). The van der Waals surface area contributed by atoms with Crippen LogP contribution in [0.25, 0.3) is 0 Å². The van der Waals surface area contributed by atoms with Gasteiger partial charge in [0.15, 0.2) is 0 Å². The maximum atomic E-state index is 14.0. The van der Waals surface area contributed by atoms with E-state index >= 15 is 0 Å². The molecule has 2 saturated heterocycles. The molecule has 3 aromatic carbocycles. The maximum Gasteiger partial charge on any atom is 0.262 e. The summed E-state index contributed by atoms with van der Waals surface area (Å²) in [7, 11) is 0. The summed E-state index contributed by atoms with van der Waals surface area (Å²) in [4.78, 5) is 69.4. The number of allylic oxidation sites excluding steroid dienone is 2. The highest BCUT2D eigenvalue weighted by molar-refractivity contribution is 6.12. The van der Waals surface area contributed by atoms with Crippen LogP contribution in [0.1, 0.15) is 70.3 Å². The van der Waals surface area contributed by atoms with Crippen molar-refractivity contribution < 1.29 is 62.6 Å². The molecule has 3 atom stereocenters. The zero-order chi connectivity index (χ0) is 49.0. The molecule has 0 saturated carbocycles. The average Bonchev–Trinajstić information content (AvgIpc) is 3.80. The number of aromatic hydroxyl groups is 2. The van der Waals surface area contributed by atoms with Crippen molar-refractivity contribution in [3.63, 3.8) is 0 Å². The number of hydrogen-bond donors (Lipinski definition) is 3. The summed E-state index contributed by atoms with van der Waals surface area (Å²) in [5.41, 5.74) is 6.09. The molecule has 1 aliphatic carbocycles. The van der Waals surface area contributed by atoms with E-state index in [1.54, 1.807) is 30.1 Å². The molecule has 4 heterocycles. The number of carbonyl (C=O) groups excluding carboxylic acids is 5. The normalized spacial score (nSPS) is 20.2. The number of amides is 5. The van der Waals surface area contributed by atoms with E-state index in [0.29, 0.717) is 70.7 Å². The van der Waals surface area contributed by atoms with Crippen molar-refractivity contribution in [2.75, 3.05) is 72.6 Å². The molecule has 2 fully saturated rings. The second-order valence-electron chi connectivity index (χ2n) is 18.0. The summed E-state index contributed by atoms with van der Waals surface area (Å²) in [6.45, 7) is 8.93. The van der Waals surface area contributed by atoms with Crippen LogP contribution < -0.4 is 10.1 Å². The van der Waals surface area contributed by atoms with Gasteiger partial charge >= 0.3 is 0 Å². The number of piperidine rings is 1. The molecule has 3 unspecified atom stereocenters. The zero-order valence-corrected chi connectivity index (χ0v) is 39.6. The van der Waals surface area contributed by atoms with E-state index in [4.69, 9.17) is 28.4 Å². The first-order valence-corrected chi connectivity index (χ1v) is 24.1.